The van der Waals surface area contributed by atoms with Crippen LogP contribution in [0.15, 0.2) is 91.1 Å². The molecular weight excluding hydrogens is 584 g/mol. The minimum Gasteiger partial charge on any atom is -0.480 e. The Balaban J connectivity index is 1.49. The minimum absolute atomic E-state index is 0.0422. The Morgan fingerprint density at radius 2 is 1.24 bits per heavy atom. The van der Waals surface area contributed by atoms with Crippen molar-refractivity contribution in [3.63, 3.8) is 0 Å². The fourth-order valence-corrected chi connectivity index (χ4v) is 5.33. The fourth-order valence-electron chi connectivity index (χ4n) is 5.33. The monoisotopic (exact) mass is 626 g/mol. The zero-order valence-electron chi connectivity index (χ0n) is 25.7. The predicted molar refractivity (Wildman–Crippen MR) is 177 cm³/mol. The molecule has 3 aromatic carbocycles. The lowest BCUT2D eigenvalue weighted by atomic mass is 10.0. The Labute approximate surface area is 268 Å². The van der Waals surface area contributed by atoms with Gasteiger partial charge in [0.25, 0.3) is 0 Å². The maximum Gasteiger partial charge on any atom is 0.326 e. The number of aromatic amines is 1. The first-order valence-electron chi connectivity index (χ1n) is 15.5. The second-order valence-corrected chi connectivity index (χ2v) is 11.4. The zero-order valence-corrected chi connectivity index (χ0v) is 25.7. The van der Waals surface area contributed by atoms with E-state index in [4.69, 9.17) is 11.5 Å². The number of unbranched alkanes of at least 4 members (excludes halogenated alkanes) is 1. The van der Waals surface area contributed by atoms with Crippen LogP contribution in [0.2, 0.25) is 0 Å². The van der Waals surface area contributed by atoms with E-state index in [0.717, 1.165) is 27.6 Å². The van der Waals surface area contributed by atoms with Crippen LogP contribution in [0.5, 0.6) is 0 Å². The van der Waals surface area contributed by atoms with E-state index in [-0.39, 0.29) is 25.7 Å². The van der Waals surface area contributed by atoms with Crippen LogP contribution in [0.3, 0.4) is 0 Å². The van der Waals surface area contributed by atoms with Crippen LogP contribution in [0.25, 0.3) is 10.9 Å². The first kappa shape index (κ1) is 33.9. The van der Waals surface area contributed by atoms with Gasteiger partial charge in [-0.1, -0.05) is 78.9 Å². The first-order valence-corrected chi connectivity index (χ1v) is 15.5. The van der Waals surface area contributed by atoms with E-state index in [1.165, 1.54) is 0 Å². The summed E-state index contributed by atoms with van der Waals surface area (Å²) in [5.41, 5.74) is 15.2. The average molecular weight is 627 g/mol. The second kappa shape index (κ2) is 16.9. The SMILES string of the molecule is NCCCCC(NC(=O)C(Cc1ccccc1)NC(=O)C(N)Cc1ccccc1)C(=O)NC(Cc1c[nH]c2ccccc12)C(=O)O. The number of para-hydroxylation sites is 1. The molecule has 0 saturated carbocycles. The van der Waals surface area contributed by atoms with Crippen LogP contribution in [0, 0.1) is 0 Å². The van der Waals surface area contributed by atoms with Crippen molar-refractivity contribution in [1.29, 1.82) is 0 Å². The lowest BCUT2D eigenvalue weighted by molar-refractivity contribution is -0.142. The van der Waals surface area contributed by atoms with Crippen molar-refractivity contribution in [2.75, 3.05) is 6.54 Å². The van der Waals surface area contributed by atoms with Gasteiger partial charge >= 0.3 is 5.97 Å². The Kier molecular flexibility index (Phi) is 12.4. The number of amides is 3. The topological polar surface area (TPSA) is 192 Å². The number of hydrogen-bond acceptors (Lipinski definition) is 6. The van der Waals surface area contributed by atoms with Crippen molar-refractivity contribution >= 4 is 34.6 Å². The molecule has 0 saturated heterocycles. The largest absolute Gasteiger partial charge is 0.480 e. The van der Waals surface area contributed by atoms with Crippen molar-refractivity contribution in [3.05, 3.63) is 108 Å². The van der Waals surface area contributed by atoms with Crippen LogP contribution in [0.4, 0.5) is 0 Å². The van der Waals surface area contributed by atoms with Crippen LogP contribution >= 0.6 is 0 Å². The molecule has 4 unspecified atom stereocenters. The number of rotatable bonds is 17. The number of benzene rings is 3. The predicted octanol–water partition coefficient (Wildman–Crippen LogP) is 2.19. The van der Waals surface area contributed by atoms with Gasteiger partial charge < -0.3 is 37.5 Å². The molecule has 0 radical (unpaired) electrons. The van der Waals surface area contributed by atoms with E-state index in [1.54, 1.807) is 6.20 Å². The molecule has 11 heteroatoms. The molecule has 0 spiro atoms. The van der Waals surface area contributed by atoms with Gasteiger partial charge in [-0.2, -0.15) is 0 Å². The molecule has 1 heterocycles. The number of aromatic nitrogens is 1. The van der Waals surface area contributed by atoms with E-state index >= 15 is 0 Å². The maximum atomic E-state index is 13.7. The highest BCUT2D eigenvalue weighted by Crippen LogP contribution is 2.19. The highest BCUT2D eigenvalue weighted by Gasteiger charge is 2.31. The number of carboxylic acid groups (broad SMARTS) is 1. The van der Waals surface area contributed by atoms with Crippen molar-refractivity contribution in [2.24, 2.45) is 11.5 Å². The van der Waals surface area contributed by atoms with Crippen LogP contribution in [0.1, 0.15) is 36.0 Å². The molecule has 1 aromatic heterocycles. The normalized spacial score (nSPS) is 13.7. The number of nitrogens with two attached hydrogens (primary N) is 2. The smallest absolute Gasteiger partial charge is 0.326 e. The Hall–Kier alpha value is -5.00. The molecular formula is C35H42N6O5. The minimum atomic E-state index is -1.24. The third kappa shape index (κ3) is 9.75. The van der Waals surface area contributed by atoms with Gasteiger partial charge in [-0.3, -0.25) is 14.4 Å². The summed E-state index contributed by atoms with van der Waals surface area (Å²) in [6.45, 7) is 0.395. The molecule has 4 rings (SSSR count). The number of carboxylic acids is 1. The van der Waals surface area contributed by atoms with E-state index in [9.17, 15) is 24.3 Å². The Bertz CT molecular complexity index is 1590. The Morgan fingerprint density at radius 1 is 0.674 bits per heavy atom. The van der Waals surface area contributed by atoms with Gasteiger partial charge in [-0.05, 0) is 55.0 Å². The van der Waals surface area contributed by atoms with Gasteiger partial charge in [-0.15, -0.1) is 0 Å². The summed E-state index contributed by atoms with van der Waals surface area (Å²) in [5.74, 6) is -2.93. The lowest BCUT2D eigenvalue weighted by Crippen LogP contribution is -2.58. The summed E-state index contributed by atoms with van der Waals surface area (Å²) >= 11 is 0. The lowest BCUT2D eigenvalue weighted by Gasteiger charge is -2.25. The third-order valence-electron chi connectivity index (χ3n) is 7.84. The van der Waals surface area contributed by atoms with Crippen molar-refractivity contribution in [2.45, 2.75) is 62.7 Å². The van der Waals surface area contributed by atoms with Gasteiger partial charge in [0, 0.05) is 29.9 Å². The summed E-state index contributed by atoms with van der Waals surface area (Å²) in [6.07, 6.45) is 3.57. The molecule has 0 aliphatic rings. The van der Waals surface area contributed by atoms with Crippen LogP contribution in [-0.4, -0.2) is 64.5 Å². The molecule has 11 nitrogen and oxygen atoms in total. The van der Waals surface area contributed by atoms with E-state index in [0.29, 0.717) is 19.4 Å². The third-order valence-corrected chi connectivity index (χ3v) is 7.84. The summed E-state index contributed by atoms with van der Waals surface area (Å²) in [6, 6.07) is 21.8. The van der Waals surface area contributed by atoms with Crippen molar-refractivity contribution in [1.82, 2.24) is 20.9 Å². The number of H-pyrrole nitrogens is 1. The van der Waals surface area contributed by atoms with E-state index in [1.807, 2.05) is 84.9 Å². The molecule has 4 aromatic rings. The van der Waals surface area contributed by atoms with Gasteiger partial charge in [0.2, 0.25) is 17.7 Å². The number of hydrogen-bond donors (Lipinski definition) is 7. The summed E-state index contributed by atoms with van der Waals surface area (Å²) in [4.78, 5) is 55.8. The number of nitrogens with one attached hydrogen (secondary N) is 4. The quantitative estimate of drug-likeness (QED) is 0.0873. The Morgan fingerprint density at radius 3 is 1.89 bits per heavy atom. The fraction of sp³-hybridized carbons (Fsp3) is 0.314. The zero-order chi connectivity index (χ0) is 32.9. The molecule has 46 heavy (non-hydrogen) atoms. The molecule has 0 aliphatic carbocycles. The summed E-state index contributed by atoms with van der Waals surface area (Å²) in [7, 11) is 0. The van der Waals surface area contributed by atoms with Crippen molar-refractivity contribution < 1.29 is 24.3 Å². The molecule has 4 atom stereocenters. The highest BCUT2D eigenvalue weighted by molar-refractivity contribution is 5.94. The van der Waals surface area contributed by atoms with Crippen molar-refractivity contribution in [3.8, 4) is 0 Å². The van der Waals surface area contributed by atoms with Crippen LogP contribution < -0.4 is 27.4 Å². The molecule has 0 bridgehead atoms. The summed E-state index contributed by atoms with van der Waals surface area (Å²) < 4.78 is 0. The summed E-state index contributed by atoms with van der Waals surface area (Å²) in [5, 5.41) is 19.0. The first-order chi connectivity index (χ1) is 22.2. The standard InChI is InChI=1S/C35H42N6O5/c36-18-10-9-17-29(33(43)41-31(35(45)46)21-25-22-38-28-16-8-7-15-26(25)28)39-34(44)30(20-24-13-5-2-6-14-24)40-32(42)27(37)19-23-11-3-1-4-12-23/h1-8,11-16,22,27,29-31,38H,9-10,17-21,36-37H2,(H,39,44)(H,40,42)(H,41,43)(H,45,46). The number of carbonyl (C=O) groups is 4. The van der Waals surface area contributed by atoms with E-state index in [2.05, 4.69) is 20.9 Å². The van der Waals surface area contributed by atoms with Gasteiger partial charge in [-0.25, -0.2) is 4.79 Å². The van der Waals surface area contributed by atoms with Gasteiger partial charge in [0.05, 0.1) is 6.04 Å². The van der Waals surface area contributed by atoms with E-state index < -0.39 is 47.9 Å². The number of fused-ring (bicyclic) bond motifs is 1. The maximum absolute atomic E-state index is 13.7. The molecule has 0 aliphatic heterocycles. The van der Waals surface area contributed by atoms with Crippen LogP contribution in [-0.2, 0) is 38.4 Å². The highest BCUT2D eigenvalue weighted by atomic mass is 16.4. The van der Waals surface area contributed by atoms with Gasteiger partial charge in [0.1, 0.15) is 18.1 Å². The number of carbonyl (C=O) groups excluding carboxylic acids is 3. The van der Waals surface area contributed by atoms with Gasteiger partial charge in [0.15, 0.2) is 0 Å². The number of aliphatic carboxylic acids is 1. The molecule has 9 N–H and O–H groups in total. The molecule has 242 valence electrons. The molecule has 0 fully saturated rings. The second-order valence-electron chi connectivity index (χ2n) is 11.4. The molecule has 3 amide bonds. The average Bonchev–Trinajstić information content (AvgIpc) is 3.47.